The molecular weight excluding hydrogens is 204 g/mol. The van der Waals surface area contributed by atoms with Crippen molar-refractivity contribution in [2.45, 2.75) is 20.7 Å². The Kier molecular flexibility index (Phi) is 3.07. The molecule has 0 spiro atoms. The van der Waals surface area contributed by atoms with Crippen LogP contribution in [0.15, 0.2) is 18.2 Å². The Morgan fingerprint density at radius 3 is 2.69 bits per heavy atom. The summed E-state index contributed by atoms with van der Waals surface area (Å²) >= 11 is 0. The average molecular weight is 225 g/mol. The van der Waals surface area contributed by atoms with Gasteiger partial charge in [0.25, 0.3) is 5.91 Å². The number of carbonyl (C=O) groups is 1. The monoisotopic (exact) mass is 225 g/mol. The number of hydrogen-bond donors (Lipinski definition) is 2. The molecule has 2 N–H and O–H groups in total. The number of nitrogens with zero attached hydrogens (tertiary/aromatic N) is 1. The van der Waals surface area contributed by atoms with E-state index in [2.05, 4.69) is 5.32 Å². The van der Waals surface area contributed by atoms with Crippen LogP contribution in [0.5, 0.6) is 0 Å². The van der Waals surface area contributed by atoms with Crippen molar-refractivity contribution in [3.63, 3.8) is 0 Å². The van der Waals surface area contributed by atoms with Gasteiger partial charge in [0.2, 0.25) is 0 Å². The summed E-state index contributed by atoms with van der Waals surface area (Å²) in [5, 5.41) is 13.0. The summed E-state index contributed by atoms with van der Waals surface area (Å²) in [7, 11) is 0. The molecule has 0 aliphatic heterocycles. The standard InChI is InChI=1S/C12H18N2O2/c1-4-13-8-11(15)14(16)12-9(2)6-5-7-10(12)3/h5-7,13,16H,4,8H2,1-3H3/i1D3. The van der Waals surface area contributed by atoms with Gasteiger partial charge in [-0.3, -0.25) is 10.0 Å². The number of carbonyl (C=O) groups excluding carboxylic acids is 1. The smallest absolute Gasteiger partial charge is 0.264 e. The predicted octanol–water partition coefficient (Wildman–Crippen LogP) is 1.64. The lowest BCUT2D eigenvalue weighted by Gasteiger charge is -2.19. The van der Waals surface area contributed by atoms with Crippen LogP contribution in [0, 0.1) is 13.8 Å². The van der Waals surface area contributed by atoms with Gasteiger partial charge in [0, 0.05) is 4.11 Å². The molecule has 0 fully saturated rings. The predicted molar refractivity (Wildman–Crippen MR) is 63.7 cm³/mol. The molecule has 16 heavy (non-hydrogen) atoms. The van der Waals surface area contributed by atoms with E-state index < -0.39 is 12.8 Å². The minimum absolute atomic E-state index is 0.233. The summed E-state index contributed by atoms with van der Waals surface area (Å²) in [5.41, 5.74) is 1.97. The van der Waals surface area contributed by atoms with Crippen molar-refractivity contribution in [2.24, 2.45) is 0 Å². The van der Waals surface area contributed by atoms with Crippen molar-refractivity contribution in [1.29, 1.82) is 0 Å². The van der Waals surface area contributed by atoms with Crippen LogP contribution in [0.4, 0.5) is 5.69 Å². The van der Waals surface area contributed by atoms with Gasteiger partial charge in [-0.2, -0.15) is 5.06 Å². The van der Waals surface area contributed by atoms with Crippen LogP contribution in [-0.2, 0) is 4.79 Å². The molecule has 1 aromatic rings. The van der Waals surface area contributed by atoms with Crippen molar-refractivity contribution >= 4 is 11.6 Å². The van der Waals surface area contributed by atoms with Gasteiger partial charge < -0.3 is 5.32 Å². The fourth-order valence-corrected chi connectivity index (χ4v) is 1.51. The minimum Gasteiger partial charge on any atom is -0.309 e. The number of hydroxylamine groups is 1. The van der Waals surface area contributed by atoms with E-state index in [-0.39, 0.29) is 13.1 Å². The quantitative estimate of drug-likeness (QED) is 0.605. The van der Waals surface area contributed by atoms with E-state index in [0.29, 0.717) is 10.8 Å². The van der Waals surface area contributed by atoms with Crippen LogP contribution in [0.1, 0.15) is 22.1 Å². The number of benzene rings is 1. The van der Waals surface area contributed by atoms with Gasteiger partial charge in [-0.15, -0.1) is 0 Å². The molecule has 4 heteroatoms. The highest BCUT2D eigenvalue weighted by Crippen LogP contribution is 2.22. The van der Waals surface area contributed by atoms with Crippen LogP contribution >= 0.6 is 0 Å². The molecule has 0 saturated carbocycles. The van der Waals surface area contributed by atoms with E-state index in [1.165, 1.54) is 0 Å². The maximum absolute atomic E-state index is 11.8. The summed E-state index contributed by atoms with van der Waals surface area (Å²) in [6, 6.07) is 5.41. The number of rotatable bonds is 4. The number of aryl methyl sites for hydroxylation is 2. The summed E-state index contributed by atoms with van der Waals surface area (Å²) in [5.74, 6) is -0.596. The molecule has 0 aliphatic carbocycles. The first-order chi connectivity index (χ1) is 8.72. The van der Waals surface area contributed by atoms with Crippen LogP contribution < -0.4 is 10.4 Å². The second-order valence-corrected chi connectivity index (χ2v) is 3.55. The van der Waals surface area contributed by atoms with E-state index in [9.17, 15) is 10.0 Å². The third-order valence-electron chi connectivity index (χ3n) is 2.29. The molecule has 0 bridgehead atoms. The van der Waals surface area contributed by atoms with Crippen molar-refractivity contribution in [1.82, 2.24) is 5.32 Å². The van der Waals surface area contributed by atoms with E-state index in [4.69, 9.17) is 4.11 Å². The van der Waals surface area contributed by atoms with Crippen molar-refractivity contribution in [2.75, 3.05) is 18.2 Å². The zero-order valence-corrected chi connectivity index (χ0v) is 9.45. The van der Waals surface area contributed by atoms with Gasteiger partial charge in [-0.05, 0) is 31.5 Å². The second-order valence-electron chi connectivity index (χ2n) is 3.55. The molecular formula is C12H18N2O2. The SMILES string of the molecule is [2H]C([2H])([2H])CNCC(=O)N(O)c1c(C)cccc1C. The first kappa shape index (κ1) is 8.73. The van der Waals surface area contributed by atoms with Gasteiger partial charge in [0.1, 0.15) is 0 Å². The maximum Gasteiger partial charge on any atom is 0.264 e. The second kappa shape index (κ2) is 5.63. The maximum atomic E-state index is 11.8. The third-order valence-corrected chi connectivity index (χ3v) is 2.29. The summed E-state index contributed by atoms with van der Waals surface area (Å²) in [6.07, 6.45) is 0. The molecule has 0 aliphatic rings. The molecule has 1 aromatic carbocycles. The molecule has 0 atom stereocenters. The largest absolute Gasteiger partial charge is 0.309 e. The Balaban J connectivity index is 2.67. The van der Waals surface area contributed by atoms with Crippen molar-refractivity contribution in [3.05, 3.63) is 29.3 Å². The van der Waals surface area contributed by atoms with Crippen LogP contribution in [0.2, 0.25) is 0 Å². The lowest BCUT2D eigenvalue weighted by molar-refractivity contribution is -0.122. The highest BCUT2D eigenvalue weighted by Gasteiger charge is 2.16. The molecule has 1 rings (SSSR count). The van der Waals surface area contributed by atoms with Crippen LogP contribution in [-0.4, -0.2) is 24.2 Å². The molecule has 0 heterocycles. The Morgan fingerprint density at radius 1 is 1.50 bits per heavy atom. The Hall–Kier alpha value is -1.39. The average Bonchev–Trinajstić information content (AvgIpc) is 2.26. The summed E-state index contributed by atoms with van der Waals surface area (Å²) in [6.45, 7) is 0.921. The topological polar surface area (TPSA) is 52.6 Å². The number of anilines is 1. The normalized spacial score (nSPS) is 13.8. The molecule has 0 saturated heterocycles. The zero-order chi connectivity index (χ0) is 14.6. The molecule has 1 amide bonds. The zero-order valence-electron chi connectivity index (χ0n) is 12.4. The lowest BCUT2D eigenvalue weighted by atomic mass is 10.1. The number of nitrogens with one attached hydrogen (secondary N) is 1. The van der Waals surface area contributed by atoms with Gasteiger partial charge in [-0.1, -0.05) is 25.1 Å². The van der Waals surface area contributed by atoms with Crippen molar-refractivity contribution in [3.8, 4) is 0 Å². The van der Waals surface area contributed by atoms with E-state index >= 15 is 0 Å². The third kappa shape index (κ3) is 2.81. The first-order valence-corrected chi connectivity index (χ1v) is 5.01. The number of likely N-dealkylation sites (N-methyl/N-ethyl adjacent to an activating group) is 1. The van der Waals surface area contributed by atoms with Crippen LogP contribution in [0.25, 0.3) is 0 Å². The fraction of sp³-hybridized carbons (Fsp3) is 0.417. The highest BCUT2D eigenvalue weighted by atomic mass is 16.5. The Bertz CT molecular complexity index is 441. The molecule has 88 valence electrons. The van der Waals surface area contributed by atoms with Gasteiger partial charge in [0.05, 0.1) is 12.2 Å². The minimum atomic E-state index is -2.14. The molecule has 0 radical (unpaired) electrons. The molecule has 0 aromatic heterocycles. The van der Waals surface area contributed by atoms with Gasteiger partial charge in [0.15, 0.2) is 0 Å². The number of amides is 1. The summed E-state index contributed by atoms with van der Waals surface area (Å²) < 4.78 is 21.0. The molecule has 0 unspecified atom stereocenters. The van der Waals surface area contributed by atoms with Crippen molar-refractivity contribution < 1.29 is 14.1 Å². The number of hydrogen-bond acceptors (Lipinski definition) is 3. The first-order valence-electron chi connectivity index (χ1n) is 6.51. The van der Waals surface area contributed by atoms with Gasteiger partial charge in [-0.25, -0.2) is 0 Å². The number of para-hydroxylation sites is 1. The Morgan fingerprint density at radius 2 is 2.12 bits per heavy atom. The highest BCUT2D eigenvalue weighted by molar-refractivity contribution is 5.93. The fourth-order valence-electron chi connectivity index (χ4n) is 1.51. The summed E-state index contributed by atoms with van der Waals surface area (Å²) in [4.78, 5) is 11.8. The van der Waals surface area contributed by atoms with E-state index in [1.807, 2.05) is 6.07 Å². The van der Waals surface area contributed by atoms with Gasteiger partial charge >= 0.3 is 0 Å². The lowest BCUT2D eigenvalue weighted by Crippen LogP contribution is -2.36. The molecule has 4 nitrogen and oxygen atoms in total. The Labute approximate surface area is 100 Å². The van der Waals surface area contributed by atoms with E-state index in [1.54, 1.807) is 26.0 Å². The van der Waals surface area contributed by atoms with E-state index in [0.717, 1.165) is 11.1 Å². The van der Waals surface area contributed by atoms with Crippen LogP contribution in [0.3, 0.4) is 0 Å².